The molecule has 0 radical (unpaired) electrons. The molecule has 3 aromatic rings. The molecule has 0 atom stereocenters. The zero-order chi connectivity index (χ0) is 15.9. The second kappa shape index (κ2) is 6.20. The molecule has 110 valence electrons. The molecule has 0 amide bonds. The highest BCUT2D eigenvalue weighted by molar-refractivity contribution is 14.1. The van der Waals surface area contributed by atoms with Crippen LogP contribution in [-0.2, 0) is 0 Å². The molecule has 0 spiro atoms. The third-order valence-electron chi connectivity index (χ3n) is 3.03. The second-order valence-corrected chi connectivity index (χ2v) is 8.28. The Morgan fingerprint density at radius 1 is 1.41 bits per heavy atom. The Morgan fingerprint density at radius 2 is 2.09 bits per heavy atom. The van der Waals surface area contributed by atoms with E-state index >= 15 is 0 Å². The minimum absolute atomic E-state index is 0.0782. The van der Waals surface area contributed by atoms with E-state index in [9.17, 15) is 10.1 Å². The number of hydrogen-bond donors (Lipinski definition) is 0. The fraction of sp³-hybridized carbons (Fsp3) is 0.0714. The number of fused-ring (bicyclic) bond motifs is 1. The Balaban J connectivity index is 2.42. The van der Waals surface area contributed by atoms with Gasteiger partial charge in [0, 0.05) is 10.6 Å². The summed E-state index contributed by atoms with van der Waals surface area (Å²) in [6, 6.07) is 9.23. The smallest absolute Gasteiger partial charge is 0.267 e. The van der Waals surface area contributed by atoms with Gasteiger partial charge in [0.2, 0.25) is 0 Å². The standard InChI is InChI=1S/C14H7ClIN3OS2/c1-21-12-9(6-17)13(20)19-10(11(16)22-14(19)18-12)7-2-4-8(15)5-3-7/h2-5H,1H3. The molecule has 0 unspecified atom stereocenters. The maximum atomic E-state index is 12.7. The first-order valence-electron chi connectivity index (χ1n) is 6.02. The van der Waals surface area contributed by atoms with Crippen LogP contribution in [0.4, 0.5) is 0 Å². The van der Waals surface area contributed by atoms with Gasteiger partial charge in [-0.3, -0.25) is 4.79 Å². The Labute approximate surface area is 152 Å². The maximum Gasteiger partial charge on any atom is 0.278 e. The van der Waals surface area contributed by atoms with Crippen molar-refractivity contribution in [2.45, 2.75) is 5.03 Å². The molecule has 0 fully saturated rings. The van der Waals surface area contributed by atoms with Crippen molar-refractivity contribution in [3.63, 3.8) is 0 Å². The molecule has 8 heteroatoms. The predicted molar refractivity (Wildman–Crippen MR) is 99.0 cm³/mol. The van der Waals surface area contributed by atoms with Gasteiger partial charge in [-0.2, -0.15) is 5.26 Å². The van der Waals surface area contributed by atoms with Gasteiger partial charge in [-0.25, -0.2) is 9.38 Å². The molecule has 0 bridgehead atoms. The fourth-order valence-electron chi connectivity index (χ4n) is 2.06. The van der Waals surface area contributed by atoms with E-state index in [1.807, 2.05) is 18.2 Å². The Bertz CT molecular complexity index is 973. The molecule has 22 heavy (non-hydrogen) atoms. The van der Waals surface area contributed by atoms with Gasteiger partial charge in [-0.15, -0.1) is 11.8 Å². The number of halogens is 2. The average Bonchev–Trinajstić information content (AvgIpc) is 2.84. The van der Waals surface area contributed by atoms with Crippen molar-refractivity contribution in [2.24, 2.45) is 0 Å². The van der Waals surface area contributed by atoms with Crippen molar-refractivity contribution in [1.82, 2.24) is 9.38 Å². The highest BCUT2D eigenvalue weighted by Gasteiger charge is 2.19. The first-order chi connectivity index (χ1) is 10.6. The molecule has 0 aliphatic rings. The number of benzene rings is 1. The van der Waals surface area contributed by atoms with Crippen molar-refractivity contribution in [3.8, 4) is 17.3 Å². The number of thioether (sulfide) groups is 1. The normalized spacial score (nSPS) is 10.8. The Hall–Kier alpha value is -1.08. The Morgan fingerprint density at radius 3 is 2.68 bits per heavy atom. The van der Waals surface area contributed by atoms with E-state index in [-0.39, 0.29) is 11.1 Å². The third kappa shape index (κ3) is 2.54. The molecule has 0 saturated heterocycles. The van der Waals surface area contributed by atoms with Crippen LogP contribution >= 0.6 is 57.3 Å². The van der Waals surface area contributed by atoms with Gasteiger partial charge in [-0.05, 0) is 41.0 Å². The van der Waals surface area contributed by atoms with Crippen molar-refractivity contribution < 1.29 is 0 Å². The first kappa shape index (κ1) is 15.8. The predicted octanol–water partition coefficient (Wildman–Crippen LogP) is 4.27. The van der Waals surface area contributed by atoms with Crippen molar-refractivity contribution >= 4 is 62.3 Å². The summed E-state index contributed by atoms with van der Waals surface area (Å²) in [5.74, 6) is 0. The summed E-state index contributed by atoms with van der Waals surface area (Å²) in [7, 11) is 0. The summed E-state index contributed by atoms with van der Waals surface area (Å²) in [4.78, 5) is 17.7. The van der Waals surface area contributed by atoms with Crippen LogP contribution in [-0.4, -0.2) is 15.6 Å². The summed E-state index contributed by atoms with van der Waals surface area (Å²) in [6.07, 6.45) is 1.80. The lowest BCUT2D eigenvalue weighted by molar-refractivity contribution is 0.997. The number of nitrogens with zero attached hydrogens (tertiary/aromatic N) is 3. The lowest BCUT2D eigenvalue weighted by Crippen LogP contribution is -2.19. The first-order valence-corrected chi connectivity index (χ1v) is 9.51. The lowest BCUT2D eigenvalue weighted by Gasteiger charge is -2.05. The molecule has 0 N–H and O–H groups in total. The molecule has 3 rings (SSSR count). The highest BCUT2D eigenvalue weighted by atomic mass is 127. The minimum atomic E-state index is -0.332. The van der Waals surface area contributed by atoms with Crippen LogP contribution in [0.2, 0.25) is 5.02 Å². The lowest BCUT2D eigenvalue weighted by atomic mass is 10.2. The van der Waals surface area contributed by atoms with E-state index in [2.05, 4.69) is 27.6 Å². The molecule has 2 heterocycles. The van der Waals surface area contributed by atoms with Crippen molar-refractivity contribution in [3.05, 3.63) is 48.1 Å². The van der Waals surface area contributed by atoms with E-state index in [0.29, 0.717) is 15.0 Å². The summed E-state index contributed by atoms with van der Waals surface area (Å²) >= 11 is 10.8. The number of thiazole rings is 1. The number of nitriles is 1. The van der Waals surface area contributed by atoms with E-state index in [0.717, 1.165) is 14.1 Å². The molecular formula is C14H7ClIN3OS2. The zero-order valence-electron chi connectivity index (χ0n) is 11.1. The van der Waals surface area contributed by atoms with E-state index in [1.54, 1.807) is 18.4 Å². The molecule has 0 aliphatic heterocycles. The molecule has 0 aliphatic carbocycles. The SMILES string of the molecule is CSc1nc2sc(I)c(-c3ccc(Cl)cc3)n2c(=O)c1C#N. The van der Waals surface area contributed by atoms with Crippen molar-refractivity contribution in [2.75, 3.05) is 6.26 Å². The highest BCUT2D eigenvalue weighted by Crippen LogP contribution is 2.33. The van der Waals surface area contributed by atoms with Crippen LogP contribution in [0.1, 0.15) is 5.56 Å². The topological polar surface area (TPSA) is 58.2 Å². The van der Waals surface area contributed by atoms with Crippen LogP contribution < -0.4 is 5.56 Å². The van der Waals surface area contributed by atoms with E-state index < -0.39 is 0 Å². The van der Waals surface area contributed by atoms with E-state index in [4.69, 9.17) is 11.6 Å². The molecule has 1 aromatic carbocycles. The van der Waals surface area contributed by atoms with Crippen LogP contribution in [0, 0.1) is 14.2 Å². The molecule has 4 nitrogen and oxygen atoms in total. The van der Waals surface area contributed by atoms with Crippen LogP contribution in [0.25, 0.3) is 16.2 Å². The summed E-state index contributed by atoms with van der Waals surface area (Å²) in [5.41, 5.74) is 1.36. The van der Waals surface area contributed by atoms with Crippen LogP contribution in [0.5, 0.6) is 0 Å². The third-order valence-corrected chi connectivity index (χ3v) is 5.97. The summed E-state index contributed by atoms with van der Waals surface area (Å²) in [6.45, 7) is 0. The molecule has 0 saturated carbocycles. The maximum absolute atomic E-state index is 12.7. The quantitative estimate of drug-likeness (QED) is 0.326. The number of aromatic nitrogens is 2. The minimum Gasteiger partial charge on any atom is -0.267 e. The fourth-order valence-corrected chi connectivity index (χ4v) is 4.77. The summed E-state index contributed by atoms with van der Waals surface area (Å²) < 4.78 is 2.44. The van der Waals surface area contributed by atoms with Gasteiger partial charge < -0.3 is 0 Å². The number of hydrogen-bond acceptors (Lipinski definition) is 5. The van der Waals surface area contributed by atoms with Gasteiger partial charge in [0.05, 0.1) is 8.58 Å². The average molecular weight is 460 g/mol. The van der Waals surface area contributed by atoms with E-state index in [1.165, 1.54) is 27.5 Å². The zero-order valence-corrected chi connectivity index (χ0v) is 15.7. The molecule has 2 aromatic heterocycles. The van der Waals surface area contributed by atoms with Crippen LogP contribution in [0.15, 0.2) is 34.1 Å². The largest absolute Gasteiger partial charge is 0.278 e. The second-order valence-electron chi connectivity index (χ2n) is 4.26. The Kier molecular flexibility index (Phi) is 4.45. The number of rotatable bonds is 2. The van der Waals surface area contributed by atoms with Gasteiger partial charge >= 0.3 is 0 Å². The van der Waals surface area contributed by atoms with Gasteiger partial charge in [0.25, 0.3) is 5.56 Å². The summed E-state index contributed by atoms with van der Waals surface area (Å²) in [5, 5.41) is 10.4. The van der Waals surface area contributed by atoms with Crippen molar-refractivity contribution in [1.29, 1.82) is 5.26 Å². The molecular weight excluding hydrogens is 453 g/mol. The van der Waals surface area contributed by atoms with Gasteiger partial charge in [0.1, 0.15) is 16.7 Å². The van der Waals surface area contributed by atoms with Gasteiger partial charge in [-0.1, -0.05) is 35.1 Å². The van der Waals surface area contributed by atoms with Crippen LogP contribution in [0.3, 0.4) is 0 Å². The monoisotopic (exact) mass is 459 g/mol. The van der Waals surface area contributed by atoms with Gasteiger partial charge in [0.15, 0.2) is 4.96 Å².